The molecule has 74 valence electrons. The van der Waals surface area contributed by atoms with Gasteiger partial charge in [-0.3, -0.25) is 0 Å². The van der Waals surface area contributed by atoms with Crippen LogP contribution in [0.25, 0.3) is 0 Å². The first-order chi connectivity index (χ1) is 6.20. The molecule has 1 heterocycles. The van der Waals surface area contributed by atoms with E-state index >= 15 is 0 Å². The first kappa shape index (κ1) is 10.3. The van der Waals surface area contributed by atoms with E-state index in [4.69, 9.17) is 5.11 Å². The van der Waals surface area contributed by atoms with Gasteiger partial charge in [0.15, 0.2) is 0 Å². The number of nitrogens with one attached hydrogen (secondary N) is 1. The molecule has 0 saturated carbocycles. The van der Waals surface area contributed by atoms with Crippen molar-refractivity contribution in [3.63, 3.8) is 0 Å². The van der Waals surface area contributed by atoms with Gasteiger partial charge in [0.2, 0.25) is 0 Å². The Morgan fingerprint density at radius 1 is 1.62 bits per heavy atom. The highest BCUT2D eigenvalue weighted by atomic mass is 16.3. The maximum absolute atomic E-state index is 9.02. The van der Waals surface area contributed by atoms with Gasteiger partial charge in [0.25, 0.3) is 0 Å². The second-order valence-electron chi connectivity index (χ2n) is 3.42. The molecule has 0 bridgehead atoms. The fourth-order valence-electron chi connectivity index (χ4n) is 1.21. The molecule has 3 heteroatoms. The van der Waals surface area contributed by atoms with Crippen molar-refractivity contribution in [3.8, 4) is 0 Å². The van der Waals surface area contributed by atoms with E-state index in [9.17, 15) is 0 Å². The highest BCUT2D eigenvalue weighted by Gasteiger charge is 1.97. The average molecular weight is 182 g/mol. The summed E-state index contributed by atoms with van der Waals surface area (Å²) < 4.78 is 2.09. The van der Waals surface area contributed by atoms with Gasteiger partial charge >= 0.3 is 0 Å². The summed E-state index contributed by atoms with van der Waals surface area (Å²) in [5, 5.41) is 12.3. The summed E-state index contributed by atoms with van der Waals surface area (Å²) in [4.78, 5) is 0. The fourth-order valence-corrected chi connectivity index (χ4v) is 1.21. The van der Waals surface area contributed by atoms with Crippen LogP contribution in [-0.2, 0) is 13.6 Å². The molecule has 0 aliphatic rings. The van der Waals surface area contributed by atoms with Crippen LogP contribution in [0.2, 0.25) is 0 Å². The summed E-state index contributed by atoms with van der Waals surface area (Å²) in [6.07, 6.45) is 2.64. The molecule has 1 aromatic heterocycles. The maximum atomic E-state index is 9.02. The second-order valence-corrected chi connectivity index (χ2v) is 3.42. The Morgan fingerprint density at radius 3 is 2.92 bits per heavy atom. The normalized spacial score (nSPS) is 13.2. The van der Waals surface area contributed by atoms with E-state index in [0.717, 1.165) is 19.5 Å². The molecule has 0 spiro atoms. The number of hydrogen-bond donors (Lipinski definition) is 2. The third kappa shape index (κ3) is 3.61. The minimum atomic E-state index is -0.207. The van der Waals surface area contributed by atoms with Crippen LogP contribution in [0.1, 0.15) is 19.0 Å². The molecule has 1 atom stereocenters. The third-order valence-electron chi connectivity index (χ3n) is 2.10. The molecule has 0 aliphatic heterocycles. The molecular weight excluding hydrogens is 164 g/mol. The molecule has 0 fully saturated rings. The van der Waals surface area contributed by atoms with Crippen LogP contribution in [0.3, 0.4) is 0 Å². The van der Waals surface area contributed by atoms with E-state index in [1.807, 2.05) is 26.2 Å². The van der Waals surface area contributed by atoms with Crippen LogP contribution in [-0.4, -0.2) is 22.3 Å². The molecule has 0 aromatic carbocycles. The molecule has 1 aromatic rings. The molecule has 3 nitrogen and oxygen atoms in total. The van der Waals surface area contributed by atoms with Gasteiger partial charge in [0.1, 0.15) is 0 Å². The van der Waals surface area contributed by atoms with E-state index < -0.39 is 0 Å². The van der Waals surface area contributed by atoms with Crippen LogP contribution >= 0.6 is 0 Å². The number of nitrogens with zero attached hydrogens (tertiary/aromatic N) is 1. The molecule has 0 saturated heterocycles. The largest absolute Gasteiger partial charge is 0.393 e. The summed E-state index contributed by atoms with van der Waals surface area (Å²) in [7, 11) is 2.03. The van der Waals surface area contributed by atoms with Gasteiger partial charge in [0.05, 0.1) is 6.10 Å². The SMILES string of the molecule is C[C@@H](O)CCNCc1cccn1C. The van der Waals surface area contributed by atoms with E-state index in [-0.39, 0.29) is 6.10 Å². The molecule has 0 aliphatic carbocycles. The Kier molecular flexibility index (Phi) is 3.99. The standard InChI is InChI=1S/C10H18N2O/c1-9(13)5-6-11-8-10-4-3-7-12(10)2/h3-4,7,9,11,13H,5-6,8H2,1-2H3/t9-/m1/s1. The Hall–Kier alpha value is -0.800. The number of aryl methyl sites for hydroxylation is 1. The van der Waals surface area contributed by atoms with Crippen molar-refractivity contribution in [1.82, 2.24) is 9.88 Å². The Balaban J connectivity index is 2.17. The Morgan fingerprint density at radius 2 is 2.38 bits per heavy atom. The van der Waals surface area contributed by atoms with E-state index in [2.05, 4.69) is 16.0 Å². The van der Waals surface area contributed by atoms with Crippen molar-refractivity contribution in [2.45, 2.75) is 26.0 Å². The van der Waals surface area contributed by atoms with Crippen LogP contribution in [0.4, 0.5) is 0 Å². The zero-order valence-corrected chi connectivity index (χ0v) is 8.33. The predicted octanol–water partition coefficient (Wildman–Crippen LogP) is 0.886. The second kappa shape index (κ2) is 5.04. The summed E-state index contributed by atoms with van der Waals surface area (Å²) in [6.45, 7) is 3.54. The summed E-state index contributed by atoms with van der Waals surface area (Å²) in [6, 6.07) is 4.13. The van der Waals surface area contributed by atoms with Gasteiger partial charge in [-0.25, -0.2) is 0 Å². The van der Waals surface area contributed by atoms with Gasteiger partial charge in [-0.2, -0.15) is 0 Å². The zero-order valence-electron chi connectivity index (χ0n) is 8.33. The van der Waals surface area contributed by atoms with E-state index in [1.165, 1.54) is 5.69 Å². The highest BCUT2D eigenvalue weighted by Crippen LogP contribution is 1.98. The average Bonchev–Trinajstić information content (AvgIpc) is 2.45. The summed E-state index contributed by atoms with van der Waals surface area (Å²) in [5.41, 5.74) is 1.27. The molecule has 0 unspecified atom stereocenters. The van der Waals surface area contributed by atoms with Crippen molar-refractivity contribution < 1.29 is 5.11 Å². The fraction of sp³-hybridized carbons (Fsp3) is 0.600. The van der Waals surface area contributed by atoms with Crippen molar-refractivity contribution in [2.75, 3.05) is 6.54 Å². The van der Waals surface area contributed by atoms with Crippen molar-refractivity contribution in [1.29, 1.82) is 0 Å². The number of aromatic nitrogens is 1. The maximum Gasteiger partial charge on any atom is 0.0524 e. The van der Waals surface area contributed by atoms with Crippen LogP contribution in [0.5, 0.6) is 0 Å². The Bertz CT molecular complexity index is 243. The van der Waals surface area contributed by atoms with Gasteiger partial charge in [0, 0.05) is 25.5 Å². The molecular formula is C10H18N2O. The van der Waals surface area contributed by atoms with Crippen molar-refractivity contribution >= 4 is 0 Å². The predicted molar refractivity (Wildman–Crippen MR) is 53.4 cm³/mol. The topological polar surface area (TPSA) is 37.2 Å². The van der Waals surface area contributed by atoms with Gasteiger partial charge in [-0.15, -0.1) is 0 Å². The van der Waals surface area contributed by atoms with Gasteiger partial charge < -0.3 is 15.0 Å². The lowest BCUT2D eigenvalue weighted by molar-refractivity contribution is 0.183. The van der Waals surface area contributed by atoms with Crippen LogP contribution in [0.15, 0.2) is 18.3 Å². The van der Waals surface area contributed by atoms with Crippen LogP contribution < -0.4 is 5.32 Å². The third-order valence-corrected chi connectivity index (χ3v) is 2.10. The minimum Gasteiger partial charge on any atom is -0.393 e. The van der Waals surface area contributed by atoms with Crippen molar-refractivity contribution in [3.05, 3.63) is 24.0 Å². The molecule has 1 rings (SSSR count). The van der Waals surface area contributed by atoms with Gasteiger partial charge in [-0.05, 0) is 32.0 Å². The Labute approximate surface area is 79.4 Å². The first-order valence-electron chi connectivity index (χ1n) is 4.69. The quantitative estimate of drug-likeness (QED) is 0.663. The molecule has 2 N–H and O–H groups in total. The number of hydrogen-bond acceptors (Lipinski definition) is 2. The number of aliphatic hydroxyl groups is 1. The summed E-state index contributed by atoms with van der Waals surface area (Å²) in [5.74, 6) is 0. The number of rotatable bonds is 5. The zero-order chi connectivity index (χ0) is 9.68. The van der Waals surface area contributed by atoms with E-state index in [1.54, 1.807) is 0 Å². The lowest BCUT2D eigenvalue weighted by Gasteiger charge is -2.07. The smallest absolute Gasteiger partial charge is 0.0524 e. The summed E-state index contributed by atoms with van der Waals surface area (Å²) >= 11 is 0. The number of aliphatic hydroxyl groups excluding tert-OH is 1. The highest BCUT2D eigenvalue weighted by molar-refractivity contribution is 5.05. The van der Waals surface area contributed by atoms with Gasteiger partial charge in [-0.1, -0.05) is 0 Å². The molecule has 0 radical (unpaired) electrons. The van der Waals surface area contributed by atoms with Crippen molar-refractivity contribution in [2.24, 2.45) is 7.05 Å². The lowest BCUT2D eigenvalue weighted by Crippen LogP contribution is -2.19. The monoisotopic (exact) mass is 182 g/mol. The lowest BCUT2D eigenvalue weighted by atomic mass is 10.3. The van der Waals surface area contributed by atoms with E-state index in [0.29, 0.717) is 0 Å². The first-order valence-corrected chi connectivity index (χ1v) is 4.69. The minimum absolute atomic E-state index is 0.207. The molecule has 0 amide bonds. The molecule has 13 heavy (non-hydrogen) atoms. The van der Waals surface area contributed by atoms with Crippen LogP contribution in [0, 0.1) is 0 Å².